The molecule has 0 aliphatic heterocycles. The van der Waals surface area contributed by atoms with Crippen LogP contribution in [0.3, 0.4) is 0 Å². The van der Waals surface area contributed by atoms with Crippen molar-refractivity contribution in [1.29, 1.82) is 5.26 Å². The quantitative estimate of drug-likeness (QED) is 0.900. The SMILES string of the molecule is COc1ccc([C@@H](C)NC2CCCCC2C#N)cc1. The minimum atomic E-state index is 0.162. The van der Waals surface area contributed by atoms with Gasteiger partial charge in [0.05, 0.1) is 19.1 Å². The lowest BCUT2D eigenvalue weighted by atomic mass is 9.85. The summed E-state index contributed by atoms with van der Waals surface area (Å²) in [5.74, 6) is 1.04. The summed E-state index contributed by atoms with van der Waals surface area (Å²) >= 11 is 0. The summed E-state index contributed by atoms with van der Waals surface area (Å²) in [7, 11) is 1.68. The van der Waals surface area contributed by atoms with Crippen LogP contribution in [0.2, 0.25) is 0 Å². The van der Waals surface area contributed by atoms with E-state index in [1.54, 1.807) is 7.11 Å². The van der Waals surface area contributed by atoms with Crippen LogP contribution >= 0.6 is 0 Å². The van der Waals surface area contributed by atoms with E-state index in [4.69, 9.17) is 4.74 Å². The highest BCUT2D eigenvalue weighted by Gasteiger charge is 2.26. The average Bonchev–Trinajstić information content (AvgIpc) is 2.48. The van der Waals surface area contributed by atoms with Gasteiger partial charge in [0, 0.05) is 12.1 Å². The van der Waals surface area contributed by atoms with Gasteiger partial charge in [0.2, 0.25) is 0 Å². The lowest BCUT2D eigenvalue weighted by Gasteiger charge is -2.30. The summed E-state index contributed by atoms with van der Waals surface area (Å²) in [5.41, 5.74) is 1.24. The molecule has 3 atom stereocenters. The first-order valence-electron chi connectivity index (χ1n) is 7.04. The molecule has 0 amide bonds. The zero-order chi connectivity index (χ0) is 13.7. The van der Waals surface area contributed by atoms with E-state index in [1.165, 1.54) is 18.4 Å². The molecule has 1 fully saturated rings. The zero-order valence-corrected chi connectivity index (χ0v) is 11.7. The summed E-state index contributed by atoms with van der Waals surface area (Å²) in [4.78, 5) is 0. The van der Waals surface area contributed by atoms with E-state index in [9.17, 15) is 5.26 Å². The van der Waals surface area contributed by atoms with E-state index in [0.717, 1.165) is 18.6 Å². The highest BCUT2D eigenvalue weighted by atomic mass is 16.5. The van der Waals surface area contributed by atoms with Crippen LogP contribution in [0.4, 0.5) is 0 Å². The van der Waals surface area contributed by atoms with Gasteiger partial charge in [-0.05, 0) is 37.5 Å². The molecule has 0 bridgehead atoms. The number of nitrogens with zero attached hydrogens (tertiary/aromatic N) is 1. The molecule has 1 aromatic carbocycles. The maximum absolute atomic E-state index is 9.21. The largest absolute Gasteiger partial charge is 0.497 e. The van der Waals surface area contributed by atoms with Crippen LogP contribution in [0.1, 0.15) is 44.2 Å². The van der Waals surface area contributed by atoms with E-state index in [-0.39, 0.29) is 12.0 Å². The lowest BCUT2D eigenvalue weighted by Crippen LogP contribution is -2.39. The zero-order valence-electron chi connectivity index (χ0n) is 11.7. The van der Waals surface area contributed by atoms with Crippen molar-refractivity contribution in [2.45, 2.75) is 44.7 Å². The summed E-state index contributed by atoms with van der Waals surface area (Å²) in [5, 5.41) is 12.8. The first-order valence-corrected chi connectivity index (χ1v) is 7.04. The number of nitrogens with one attached hydrogen (secondary N) is 1. The number of methoxy groups -OCH3 is 1. The van der Waals surface area contributed by atoms with Crippen molar-refractivity contribution in [3.8, 4) is 11.8 Å². The number of hydrogen-bond donors (Lipinski definition) is 1. The Kier molecular flexibility index (Phi) is 4.81. The summed E-state index contributed by atoms with van der Waals surface area (Å²) in [6, 6.07) is 11.2. The third kappa shape index (κ3) is 3.48. The Balaban J connectivity index is 1.99. The predicted octanol–water partition coefficient (Wildman–Crippen LogP) is 3.43. The summed E-state index contributed by atoms with van der Waals surface area (Å²) in [6.07, 6.45) is 4.56. The van der Waals surface area contributed by atoms with Crippen LogP contribution in [0.5, 0.6) is 5.75 Å². The van der Waals surface area contributed by atoms with Crippen LogP contribution in [-0.2, 0) is 0 Å². The monoisotopic (exact) mass is 258 g/mol. The maximum Gasteiger partial charge on any atom is 0.118 e. The van der Waals surface area contributed by atoms with Crippen LogP contribution in [0.25, 0.3) is 0 Å². The molecule has 0 saturated heterocycles. The fraction of sp³-hybridized carbons (Fsp3) is 0.562. The molecule has 0 aromatic heterocycles. The Morgan fingerprint density at radius 2 is 1.95 bits per heavy atom. The van der Waals surface area contributed by atoms with Crippen molar-refractivity contribution < 1.29 is 4.74 Å². The van der Waals surface area contributed by atoms with Crippen molar-refractivity contribution in [2.75, 3.05) is 7.11 Å². The molecule has 0 spiro atoms. The minimum Gasteiger partial charge on any atom is -0.497 e. The molecule has 1 aliphatic carbocycles. The van der Waals surface area contributed by atoms with Gasteiger partial charge in [0.1, 0.15) is 5.75 Å². The van der Waals surface area contributed by atoms with Crippen LogP contribution in [0, 0.1) is 17.2 Å². The smallest absolute Gasteiger partial charge is 0.118 e. The molecule has 3 nitrogen and oxygen atoms in total. The second-order valence-electron chi connectivity index (χ2n) is 5.29. The van der Waals surface area contributed by atoms with Gasteiger partial charge in [-0.1, -0.05) is 25.0 Å². The first-order chi connectivity index (χ1) is 9.24. The van der Waals surface area contributed by atoms with Crippen LogP contribution in [0.15, 0.2) is 24.3 Å². The molecule has 2 unspecified atom stereocenters. The molecule has 19 heavy (non-hydrogen) atoms. The first kappa shape index (κ1) is 13.9. The van der Waals surface area contributed by atoms with Crippen molar-refractivity contribution >= 4 is 0 Å². The fourth-order valence-corrected chi connectivity index (χ4v) is 2.79. The normalized spacial score (nSPS) is 24.5. The third-order valence-electron chi connectivity index (χ3n) is 4.01. The number of rotatable bonds is 4. The molecular weight excluding hydrogens is 236 g/mol. The van der Waals surface area contributed by atoms with Gasteiger partial charge < -0.3 is 10.1 Å². The molecule has 1 N–H and O–H groups in total. The van der Waals surface area contributed by atoms with Gasteiger partial charge in [-0.3, -0.25) is 0 Å². The van der Waals surface area contributed by atoms with Crippen molar-refractivity contribution in [3.63, 3.8) is 0 Å². The lowest BCUT2D eigenvalue weighted by molar-refractivity contribution is 0.292. The Labute approximate surface area is 115 Å². The second-order valence-corrected chi connectivity index (χ2v) is 5.29. The van der Waals surface area contributed by atoms with Crippen molar-refractivity contribution in [2.24, 2.45) is 5.92 Å². The maximum atomic E-state index is 9.21. The number of hydrogen-bond acceptors (Lipinski definition) is 3. The topological polar surface area (TPSA) is 45.0 Å². The molecular formula is C16H22N2O. The molecule has 102 valence electrons. The molecule has 0 radical (unpaired) electrons. The van der Waals surface area contributed by atoms with Gasteiger partial charge in [-0.15, -0.1) is 0 Å². The van der Waals surface area contributed by atoms with E-state index in [2.05, 4.69) is 30.4 Å². The molecule has 0 heterocycles. The van der Waals surface area contributed by atoms with Gasteiger partial charge in [0.25, 0.3) is 0 Å². The van der Waals surface area contributed by atoms with E-state index in [0.29, 0.717) is 6.04 Å². The molecule has 1 aromatic rings. The Bertz CT molecular complexity index is 435. The Hall–Kier alpha value is -1.53. The van der Waals surface area contributed by atoms with Gasteiger partial charge in [0.15, 0.2) is 0 Å². The standard InChI is InChI=1S/C16H22N2O/c1-12(13-7-9-15(19-2)10-8-13)18-16-6-4-3-5-14(16)11-17/h7-10,12,14,16,18H,3-6H2,1-2H3/t12-,14?,16?/m1/s1. The summed E-state index contributed by atoms with van der Waals surface area (Å²) in [6.45, 7) is 2.16. The van der Waals surface area contributed by atoms with Crippen LogP contribution in [-0.4, -0.2) is 13.2 Å². The fourth-order valence-electron chi connectivity index (χ4n) is 2.79. The number of nitriles is 1. The van der Waals surface area contributed by atoms with E-state index < -0.39 is 0 Å². The van der Waals surface area contributed by atoms with E-state index in [1.807, 2.05) is 12.1 Å². The van der Waals surface area contributed by atoms with Crippen LogP contribution < -0.4 is 10.1 Å². The second kappa shape index (κ2) is 6.58. The van der Waals surface area contributed by atoms with Crippen molar-refractivity contribution in [1.82, 2.24) is 5.32 Å². The molecule has 3 heteroatoms. The highest BCUT2D eigenvalue weighted by Crippen LogP contribution is 2.26. The van der Waals surface area contributed by atoms with Crippen molar-refractivity contribution in [3.05, 3.63) is 29.8 Å². The molecule has 1 saturated carbocycles. The average molecular weight is 258 g/mol. The third-order valence-corrected chi connectivity index (χ3v) is 4.01. The number of benzene rings is 1. The Morgan fingerprint density at radius 3 is 2.58 bits per heavy atom. The van der Waals surface area contributed by atoms with Gasteiger partial charge in [-0.25, -0.2) is 0 Å². The summed E-state index contributed by atoms with van der Waals surface area (Å²) < 4.78 is 5.17. The van der Waals surface area contributed by atoms with Gasteiger partial charge in [-0.2, -0.15) is 5.26 Å². The minimum absolute atomic E-state index is 0.162. The van der Waals surface area contributed by atoms with Gasteiger partial charge >= 0.3 is 0 Å². The molecule has 2 rings (SSSR count). The predicted molar refractivity (Wildman–Crippen MR) is 75.9 cm³/mol. The number of ether oxygens (including phenoxy) is 1. The Morgan fingerprint density at radius 1 is 1.26 bits per heavy atom. The molecule has 1 aliphatic rings. The highest BCUT2D eigenvalue weighted by molar-refractivity contribution is 5.28. The van der Waals surface area contributed by atoms with E-state index >= 15 is 0 Å².